The van der Waals surface area contributed by atoms with Gasteiger partial charge in [0.15, 0.2) is 0 Å². The van der Waals surface area contributed by atoms with Crippen molar-refractivity contribution in [1.82, 2.24) is 10.2 Å². The molecule has 2 nitrogen and oxygen atoms in total. The summed E-state index contributed by atoms with van der Waals surface area (Å²) in [5.74, 6) is 0.678. The lowest BCUT2D eigenvalue weighted by Gasteiger charge is -2.46. The van der Waals surface area contributed by atoms with E-state index in [4.69, 9.17) is 0 Å². The monoisotopic (exact) mass is 340 g/mol. The van der Waals surface area contributed by atoms with Crippen LogP contribution >= 0.6 is 15.9 Å². The highest BCUT2D eigenvalue weighted by Crippen LogP contribution is 2.36. The van der Waals surface area contributed by atoms with E-state index in [2.05, 4.69) is 40.0 Å². The lowest BCUT2D eigenvalue weighted by Crippen LogP contribution is -2.62. The smallest absolute Gasteiger partial charge is 0.137 e. The van der Waals surface area contributed by atoms with E-state index in [9.17, 15) is 4.39 Å². The van der Waals surface area contributed by atoms with E-state index >= 15 is 0 Å². The summed E-state index contributed by atoms with van der Waals surface area (Å²) in [6.07, 6.45) is 2.74. The lowest BCUT2D eigenvalue weighted by atomic mass is 9.95. The largest absolute Gasteiger partial charge is 0.311 e. The van der Waals surface area contributed by atoms with Gasteiger partial charge in [0.25, 0.3) is 0 Å². The third kappa shape index (κ3) is 3.07. The number of hydrogen-bond donors (Lipinski definition) is 1. The first-order chi connectivity index (χ1) is 9.45. The van der Waals surface area contributed by atoms with E-state index < -0.39 is 0 Å². The van der Waals surface area contributed by atoms with Crippen LogP contribution in [-0.2, 0) is 6.54 Å². The average molecular weight is 341 g/mol. The molecule has 1 aromatic carbocycles. The van der Waals surface area contributed by atoms with Crippen molar-refractivity contribution in [1.29, 1.82) is 0 Å². The number of hydrogen-bond acceptors (Lipinski definition) is 2. The van der Waals surface area contributed by atoms with Crippen LogP contribution in [0.3, 0.4) is 0 Å². The van der Waals surface area contributed by atoms with Crippen LogP contribution < -0.4 is 5.32 Å². The van der Waals surface area contributed by atoms with Crippen molar-refractivity contribution in [2.24, 2.45) is 5.92 Å². The van der Waals surface area contributed by atoms with Gasteiger partial charge in [-0.2, -0.15) is 0 Å². The number of piperazine rings is 1. The number of nitrogens with one attached hydrogen (secondary N) is 1. The van der Waals surface area contributed by atoms with Gasteiger partial charge in [0.05, 0.1) is 4.47 Å². The summed E-state index contributed by atoms with van der Waals surface area (Å²) in [4.78, 5) is 2.53. The van der Waals surface area contributed by atoms with E-state index in [0.717, 1.165) is 25.6 Å². The van der Waals surface area contributed by atoms with Gasteiger partial charge in [0, 0.05) is 31.2 Å². The highest BCUT2D eigenvalue weighted by atomic mass is 79.9. The van der Waals surface area contributed by atoms with Crippen LogP contribution in [0.4, 0.5) is 4.39 Å². The fourth-order valence-electron chi connectivity index (χ4n) is 2.99. The Bertz CT molecular complexity index is 499. The second kappa shape index (κ2) is 5.39. The van der Waals surface area contributed by atoms with Crippen molar-refractivity contribution in [2.75, 3.05) is 13.1 Å². The molecule has 110 valence electrons. The van der Waals surface area contributed by atoms with E-state index in [1.54, 1.807) is 6.07 Å². The van der Waals surface area contributed by atoms with Crippen LogP contribution in [0.5, 0.6) is 0 Å². The first-order valence-electron chi connectivity index (χ1n) is 7.38. The maximum atomic E-state index is 13.3. The molecule has 3 rings (SSSR count). The molecular formula is C16H22BrFN2. The van der Waals surface area contributed by atoms with Gasteiger partial charge in [-0.3, -0.25) is 4.90 Å². The highest BCUT2D eigenvalue weighted by Gasteiger charge is 2.40. The Morgan fingerprint density at radius 3 is 2.80 bits per heavy atom. The summed E-state index contributed by atoms with van der Waals surface area (Å²) < 4.78 is 13.9. The van der Waals surface area contributed by atoms with Crippen LogP contribution in [0.25, 0.3) is 0 Å². The molecule has 0 amide bonds. The van der Waals surface area contributed by atoms with Gasteiger partial charge in [-0.05, 0) is 66.2 Å². The molecule has 2 aliphatic rings. The fraction of sp³-hybridized carbons (Fsp3) is 0.625. The maximum Gasteiger partial charge on any atom is 0.137 e. The molecule has 0 bridgehead atoms. The Morgan fingerprint density at radius 2 is 2.15 bits per heavy atom. The molecule has 1 atom stereocenters. The predicted molar refractivity (Wildman–Crippen MR) is 83.1 cm³/mol. The molecule has 4 heteroatoms. The molecule has 20 heavy (non-hydrogen) atoms. The van der Waals surface area contributed by atoms with Crippen molar-refractivity contribution in [3.05, 3.63) is 34.1 Å². The zero-order valence-corrected chi connectivity index (χ0v) is 13.7. The second-order valence-electron chi connectivity index (χ2n) is 6.77. The van der Waals surface area contributed by atoms with Crippen LogP contribution in [0, 0.1) is 11.7 Å². The molecule has 1 unspecified atom stereocenters. The van der Waals surface area contributed by atoms with Gasteiger partial charge in [0.2, 0.25) is 0 Å². The Labute approximate surface area is 128 Å². The molecule has 0 spiro atoms. The van der Waals surface area contributed by atoms with Crippen molar-refractivity contribution in [3.63, 3.8) is 0 Å². The van der Waals surface area contributed by atoms with Crippen LogP contribution in [0.15, 0.2) is 22.7 Å². The van der Waals surface area contributed by atoms with E-state index in [1.165, 1.54) is 18.4 Å². The van der Waals surface area contributed by atoms with Crippen molar-refractivity contribution in [3.8, 4) is 0 Å². The topological polar surface area (TPSA) is 15.3 Å². The molecule has 1 saturated carbocycles. The minimum atomic E-state index is -0.191. The SMILES string of the molecule is CC1(C)CNC(C2CC2)CN1Cc1ccc(F)c(Br)c1. The summed E-state index contributed by atoms with van der Waals surface area (Å²) in [6, 6.07) is 5.98. The van der Waals surface area contributed by atoms with Crippen LogP contribution in [0.1, 0.15) is 32.3 Å². The first kappa shape index (κ1) is 14.5. The Morgan fingerprint density at radius 1 is 1.40 bits per heavy atom. The minimum absolute atomic E-state index is 0.145. The number of halogens is 2. The summed E-state index contributed by atoms with van der Waals surface area (Å²) in [5.41, 5.74) is 1.31. The molecule has 1 N–H and O–H groups in total. The van der Waals surface area contributed by atoms with Gasteiger partial charge in [0.1, 0.15) is 5.82 Å². The molecule has 2 fully saturated rings. The molecule has 1 aromatic rings. The third-order valence-electron chi connectivity index (χ3n) is 4.62. The maximum absolute atomic E-state index is 13.3. The standard InChI is InChI=1S/C16H22BrFN2/c1-16(2)10-19-15(12-4-5-12)9-20(16)8-11-3-6-14(18)13(17)7-11/h3,6-7,12,15,19H,4-5,8-10H2,1-2H3. The first-order valence-corrected chi connectivity index (χ1v) is 8.17. The quantitative estimate of drug-likeness (QED) is 0.905. The lowest BCUT2D eigenvalue weighted by molar-refractivity contribution is 0.0533. The minimum Gasteiger partial charge on any atom is -0.311 e. The fourth-order valence-corrected chi connectivity index (χ4v) is 3.42. The summed E-state index contributed by atoms with van der Waals surface area (Å²) in [7, 11) is 0. The predicted octanol–water partition coefficient (Wildman–Crippen LogP) is 3.55. The summed E-state index contributed by atoms with van der Waals surface area (Å²) in [6.45, 7) is 7.56. The molecule has 0 radical (unpaired) electrons. The van der Waals surface area contributed by atoms with E-state index in [1.807, 2.05) is 12.1 Å². The van der Waals surface area contributed by atoms with Gasteiger partial charge in [-0.25, -0.2) is 4.39 Å². The zero-order chi connectivity index (χ0) is 14.3. The molecule has 0 aromatic heterocycles. The van der Waals surface area contributed by atoms with Gasteiger partial charge in [-0.15, -0.1) is 0 Å². The Balaban J connectivity index is 1.73. The molecule has 1 heterocycles. The number of rotatable bonds is 3. The average Bonchev–Trinajstić information content (AvgIpc) is 3.20. The Kier molecular flexibility index (Phi) is 3.91. The van der Waals surface area contributed by atoms with Gasteiger partial charge < -0.3 is 5.32 Å². The molecule has 1 aliphatic heterocycles. The zero-order valence-electron chi connectivity index (χ0n) is 12.1. The molecular weight excluding hydrogens is 319 g/mol. The summed E-state index contributed by atoms with van der Waals surface area (Å²) in [5, 5.41) is 3.70. The van der Waals surface area contributed by atoms with Crippen molar-refractivity contribution in [2.45, 2.75) is 44.8 Å². The normalized spacial score (nSPS) is 26.7. The highest BCUT2D eigenvalue weighted by molar-refractivity contribution is 9.10. The van der Waals surface area contributed by atoms with Gasteiger partial charge >= 0.3 is 0 Å². The third-order valence-corrected chi connectivity index (χ3v) is 5.23. The van der Waals surface area contributed by atoms with Crippen LogP contribution in [0.2, 0.25) is 0 Å². The Hall–Kier alpha value is -0.450. The second-order valence-corrected chi connectivity index (χ2v) is 7.62. The van der Waals surface area contributed by atoms with Crippen molar-refractivity contribution >= 4 is 15.9 Å². The van der Waals surface area contributed by atoms with E-state index in [-0.39, 0.29) is 11.4 Å². The number of benzene rings is 1. The van der Waals surface area contributed by atoms with Crippen LogP contribution in [-0.4, -0.2) is 29.6 Å². The van der Waals surface area contributed by atoms with E-state index in [0.29, 0.717) is 10.5 Å². The molecule has 1 aliphatic carbocycles. The van der Waals surface area contributed by atoms with Gasteiger partial charge in [-0.1, -0.05) is 6.07 Å². The van der Waals surface area contributed by atoms with Crippen molar-refractivity contribution < 1.29 is 4.39 Å². The number of nitrogens with zero attached hydrogens (tertiary/aromatic N) is 1. The summed E-state index contributed by atoms with van der Waals surface area (Å²) >= 11 is 3.28. The molecule has 1 saturated heterocycles.